The fourth-order valence-corrected chi connectivity index (χ4v) is 0.886. The Morgan fingerprint density at radius 2 is 2.56 bits per heavy atom. The van der Waals surface area contributed by atoms with Crippen molar-refractivity contribution < 1.29 is 9.84 Å². The van der Waals surface area contributed by atoms with Crippen LogP contribution in [0.15, 0.2) is 0 Å². The number of hydrogen-bond donors (Lipinski definition) is 2. The zero-order valence-electron chi connectivity index (χ0n) is 5.47. The molecule has 0 bridgehead atoms. The Kier molecular flexibility index (Phi) is 2.97. The summed E-state index contributed by atoms with van der Waals surface area (Å²) < 4.78 is 5.24. The highest BCUT2D eigenvalue weighted by Gasteiger charge is 2.09. The maximum Gasteiger partial charge on any atom is 0.0929 e. The highest BCUT2D eigenvalue weighted by molar-refractivity contribution is 4.63. The third-order valence-corrected chi connectivity index (χ3v) is 1.43. The predicted octanol–water partition coefficient (Wildman–Crippen LogP) is -0.643. The van der Waals surface area contributed by atoms with Crippen molar-refractivity contribution in [2.45, 2.75) is 12.5 Å². The monoisotopic (exact) mass is 131 g/mol. The number of aliphatic hydroxyl groups excluding tert-OH is 1. The molecule has 0 aromatic rings. The summed E-state index contributed by atoms with van der Waals surface area (Å²) >= 11 is 0. The molecular formula is C6H13NO2. The van der Waals surface area contributed by atoms with Crippen LogP contribution in [0.5, 0.6) is 0 Å². The first-order valence-electron chi connectivity index (χ1n) is 3.36. The number of nitrogens with one attached hydrogen (secondary N) is 1. The molecule has 0 aromatic heterocycles. The topological polar surface area (TPSA) is 41.5 Å². The maximum absolute atomic E-state index is 8.65. The summed E-state index contributed by atoms with van der Waals surface area (Å²) in [5, 5.41) is 11.8. The second-order valence-corrected chi connectivity index (χ2v) is 2.23. The molecule has 0 radical (unpaired) electrons. The minimum Gasteiger partial charge on any atom is -0.394 e. The van der Waals surface area contributed by atoms with Crippen LogP contribution >= 0.6 is 0 Å². The average Bonchev–Trinajstić information content (AvgIpc) is 2.13. The van der Waals surface area contributed by atoms with Crippen LogP contribution in [0.4, 0.5) is 0 Å². The molecule has 0 aliphatic carbocycles. The standard InChI is InChI=1S/C6H13NO2/c8-5-6-4-7-2-1-3-9-6/h6-8H,1-5H2/t6-/m0/s1. The third-order valence-electron chi connectivity index (χ3n) is 1.43. The van der Waals surface area contributed by atoms with Crippen LogP contribution in [0.3, 0.4) is 0 Å². The molecule has 0 unspecified atom stereocenters. The molecule has 1 aliphatic rings. The number of rotatable bonds is 1. The molecule has 1 saturated heterocycles. The summed E-state index contributed by atoms with van der Waals surface area (Å²) in [6, 6.07) is 0. The first kappa shape index (κ1) is 6.99. The fourth-order valence-electron chi connectivity index (χ4n) is 0.886. The van der Waals surface area contributed by atoms with E-state index >= 15 is 0 Å². The summed E-state index contributed by atoms with van der Waals surface area (Å²) in [6.07, 6.45) is 1.07. The van der Waals surface area contributed by atoms with Gasteiger partial charge in [0.2, 0.25) is 0 Å². The van der Waals surface area contributed by atoms with Gasteiger partial charge in [0.25, 0.3) is 0 Å². The lowest BCUT2D eigenvalue weighted by molar-refractivity contribution is 0.0249. The van der Waals surface area contributed by atoms with Crippen molar-refractivity contribution in [1.82, 2.24) is 5.32 Å². The van der Waals surface area contributed by atoms with Gasteiger partial charge in [0, 0.05) is 13.2 Å². The zero-order chi connectivity index (χ0) is 6.53. The molecule has 1 atom stereocenters. The van der Waals surface area contributed by atoms with E-state index in [2.05, 4.69) is 5.32 Å². The van der Waals surface area contributed by atoms with Gasteiger partial charge >= 0.3 is 0 Å². The Labute approximate surface area is 55.0 Å². The van der Waals surface area contributed by atoms with Crippen molar-refractivity contribution >= 4 is 0 Å². The van der Waals surface area contributed by atoms with Crippen LogP contribution in [0, 0.1) is 0 Å². The van der Waals surface area contributed by atoms with Crippen molar-refractivity contribution in [2.24, 2.45) is 0 Å². The molecule has 0 spiro atoms. The first-order chi connectivity index (χ1) is 4.43. The van der Waals surface area contributed by atoms with Gasteiger partial charge in [-0.2, -0.15) is 0 Å². The highest BCUT2D eigenvalue weighted by atomic mass is 16.5. The van der Waals surface area contributed by atoms with E-state index in [9.17, 15) is 0 Å². The lowest BCUT2D eigenvalue weighted by Gasteiger charge is -2.09. The summed E-state index contributed by atoms with van der Waals surface area (Å²) in [5.41, 5.74) is 0. The predicted molar refractivity (Wildman–Crippen MR) is 34.3 cm³/mol. The molecule has 2 N–H and O–H groups in total. The largest absolute Gasteiger partial charge is 0.394 e. The van der Waals surface area contributed by atoms with Gasteiger partial charge < -0.3 is 15.2 Å². The van der Waals surface area contributed by atoms with E-state index in [1.165, 1.54) is 0 Å². The molecule has 0 aromatic carbocycles. The summed E-state index contributed by atoms with van der Waals surface area (Å²) in [4.78, 5) is 0. The SMILES string of the molecule is OC[C@@H]1CNCCCO1. The zero-order valence-corrected chi connectivity index (χ0v) is 5.47. The van der Waals surface area contributed by atoms with Crippen LogP contribution in [-0.4, -0.2) is 37.5 Å². The minimum absolute atomic E-state index is 0.0208. The summed E-state index contributed by atoms with van der Waals surface area (Å²) in [7, 11) is 0. The van der Waals surface area contributed by atoms with Gasteiger partial charge in [-0.25, -0.2) is 0 Å². The number of aliphatic hydroxyl groups is 1. The second-order valence-electron chi connectivity index (χ2n) is 2.23. The lowest BCUT2D eigenvalue weighted by Crippen LogP contribution is -2.28. The second kappa shape index (κ2) is 3.82. The molecule has 1 rings (SSSR count). The Morgan fingerprint density at radius 3 is 3.33 bits per heavy atom. The lowest BCUT2D eigenvalue weighted by atomic mass is 10.4. The van der Waals surface area contributed by atoms with Crippen molar-refractivity contribution in [3.05, 3.63) is 0 Å². The van der Waals surface area contributed by atoms with Crippen LogP contribution < -0.4 is 5.32 Å². The van der Waals surface area contributed by atoms with Crippen molar-refractivity contribution in [2.75, 3.05) is 26.3 Å². The quantitative estimate of drug-likeness (QED) is 0.497. The van der Waals surface area contributed by atoms with Gasteiger partial charge in [-0.15, -0.1) is 0 Å². The van der Waals surface area contributed by atoms with Gasteiger partial charge in [-0.1, -0.05) is 0 Å². The molecule has 1 fully saturated rings. The van der Waals surface area contributed by atoms with Crippen LogP contribution in [0.1, 0.15) is 6.42 Å². The fraction of sp³-hybridized carbons (Fsp3) is 1.00. The molecule has 9 heavy (non-hydrogen) atoms. The van der Waals surface area contributed by atoms with Crippen molar-refractivity contribution in [3.8, 4) is 0 Å². The molecular weight excluding hydrogens is 118 g/mol. The molecule has 54 valence electrons. The van der Waals surface area contributed by atoms with Gasteiger partial charge in [0.05, 0.1) is 12.7 Å². The Hall–Kier alpha value is -0.120. The molecule has 1 heterocycles. The minimum atomic E-state index is 0.0208. The Bertz CT molecular complexity index is 69.5. The van der Waals surface area contributed by atoms with Gasteiger partial charge in [0.15, 0.2) is 0 Å². The van der Waals surface area contributed by atoms with E-state index in [4.69, 9.17) is 9.84 Å². The van der Waals surface area contributed by atoms with Crippen molar-refractivity contribution in [1.29, 1.82) is 0 Å². The highest BCUT2D eigenvalue weighted by Crippen LogP contribution is 1.94. The van der Waals surface area contributed by atoms with Crippen LogP contribution in [0.2, 0.25) is 0 Å². The molecule has 1 aliphatic heterocycles. The normalized spacial score (nSPS) is 29.7. The number of ether oxygens (including phenoxy) is 1. The van der Waals surface area contributed by atoms with E-state index < -0.39 is 0 Å². The maximum atomic E-state index is 8.65. The number of hydrogen-bond acceptors (Lipinski definition) is 3. The van der Waals surface area contributed by atoms with E-state index in [1.807, 2.05) is 0 Å². The van der Waals surface area contributed by atoms with Gasteiger partial charge in [-0.05, 0) is 13.0 Å². The van der Waals surface area contributed by atoms with Crippen LogP contribution in [-0.2, 0) is 4.74 Å². The average molecular weight is 131 g/mol. The summed E-state index contributed by atoms with van der Waals surface area (Å²) in [5.74, 6) is 0. The van der Waals surface area contributed by atoms with E-state index in [1.54, 1.807) is 0 Å². The summed E-state index contributed by atoms with van der Waals surface area (Å²) in [6.45, 7) is 2.71. The third kappa shape index (κ3) is 2.30. The Balaban J connectivity index is 2.18. The van der Waals surface area contributed by atoms with E-state index in [0.717, 1.165) is 26.1 Å². The van der Waals surface area contributed by atoms with Crippen LogP contribution in [0.25, 0.3) is 0 Å². The molecule has 3 heteroatoms. The molecule has 0 amide bonds. The van der Waals surface area contributed by atoms with Gasteiger partial charge in [0.1, 0.15) is 0 Å². The van der Waals surface area contributed by atoms with Gasteiger partial charge in [-0.3, -0.25) is 0 Å². The van der Waals surface area contributed by atoms with E-state index in [-0.39, 0.29) is 12.7 Å². The Morgan fingerprint density at radius 1 is 1.67 bits per heavy atom. The van der Waals surface area contributed by atoms with E-state index in [0.29, 0.717) is 0 Å². The first-order valence-corrected chi connectivity index (χ1v) is 3.36. The molecule has 0 saturated carbocycles. The molecule has 3 nitrogen and oxygen atoms in total. The smallest absolute Gasteiger partial charge is 0.0929 e. The van der Waals surface area contributed by atoms with Crippen molar-refractivity contribution in [3.63, 3.8) is 0 Å².